The minimum atomic E-state index is 0.479. The molecule has 0 saturated carbocycles. The molecule has 0 unspecified atom stereocenters. The van der Waals surface area contributed by atoms with E-state index in [1.54, 1.807) is 12.1 Å². The van der Waals surface area contributed by atoms with Crippen molar-refractivity contribution in [1.29, 1.82) is 5.26 Å². The number of hydrogen-bond donors (Lipinski definition) is 0. The van der Waals surface area contributed by atoms with Gasteiger partial charge in [-0.15, -0.1) is 0 Å². The van der Waals surface area contributed by atoms with E-state index in [0.717, 1.165) is 21.9 Å². The van der Waals surface area contributed by atoms with Crippen molar-refractivity contribution in [3.63, 3.8) is 0 Å². The van der Waals surface area contributed by atoms with Crippen molar-refractivity contribution in [3.8, 4) is 11.8 Å². The number of nitrogens with zero attached hydrogens (tertiary/aromatic N) is 1. The first-order valence-corrected chi connectivity index (χ1v) is 5.95. The lowest BCUT2D eigenvalue weighted by Gasteiger charge is -2.07. The van der Waals surface area contributed by atoms with E-state index in [-0.39, 0.29) is 0 Å². The van der Waals surface area contributed by atoms with Crippen molar-refractivity contribution in [2.75, 3.05) is 0 Å². The maximum atomic E-state index is 8.70. The molecule has 3 heteroatoms. The zero-order valence-electron chi connectivity index (χ0n) is 9.98. The molecule has 0 fully saturated rings. The summed E-state index contributed by atoms with van der Waals surface area (Å²) in [4.78, 5) is 0. The van der Waals surface area contributed by atoms with Crippen molar-refractivity contribution in [2.24, 2.45) is 0 Å². The van der Waals surface area contributed by atoms with Crippen LogP contribution in [-0.4, -0.2) is 0 Å². The lowest BCUT2D eigenvalue weighted by Crippen LogP contribution is -1.95. The standard InChI is InChI=1S/C15H12ClNO/c1-11-8-14(6-7-15(11)16)18-10-13-4-2-12(9-17)3-5-13/h2-8H,10H2,1H3. The predicted octanol–water partition coefficient (Wildman–Crippen LogP) is 4.10. The number of halogens is 1. The topological polar surface area (TPSA) is 33.0 Å². The van der Waals surface area contributed by atoms with Gasteiger partial charge in [-0.25, -0.2) is 0 Å². The minimum Gasteiger partial charge on any atom is -0.489 e. The summed E-state index contributed by atoms with van der Waals surface area (Å²) in [6, 6.07) is 15.0. The van der Waals surface area contributed by atoms with Crippen LogP contribution in [-0.2, 0) is 6.61 Å². The van der Waals surface area contributed by atoms with E-state index in [4.69, 9.17) is 21.6 Å². The zero-order chi connectivity index (χ0) is 13.0. The molecule has 2 rings (SSSR count). The Morgan fingerprint density at radius 2 is 1.89 bits per heavy atom. The van der Waals surface area contributed by atoms with E-state index in [0.29, 0.717) is 12.2 Å². The molecule has 90 valence electrons. The summed E-state index contributed by atoms with van der Waals surface area (Å²) in [5.74, 6) is 0.793. The smallest absolute Gasteiger partial charge is 0.120 e. The highest BCUT2D eigenvalue weighted by molar-refractivity contribution is 6.31. The zero-order valence-corrected chi connectivity index (χ0v) is 10.7. The molecule has 0 bridgehead atoms. The molecule has 0 atom stereocenters. The summed E-state index contributed by atoms with van der Waals surface area (Å²) in [5, 5.41) is 9.44. The molecule has 0 aliphatic rings. The van der Waals surface area contributed by atoms with Crippen LogP contribution in [0.3, 0.4) is 0 Å². The highest BCUT2D eigenvalue weighted by atomic mass is 35.5. The van der Waals surface area contributed by atoms with E-state index in [9.17, 15) is 0 Å². The first kappa shape index (κ1) is 12.5. The van der Waals surface area contributed by atoms with Gasteiger partial charge in [0.05, 0.1) is 11.6 Å². The second-order valence-corrected chi connectivity index (χ2v) is 4.42. The number of benzene rings is 2. The fourth-order valence-electron chi connectivity index (χ4n) is 1.55. The minimum absolute atomic E-state index is 0.479. The largest absolute Gasteiger partial charge is 0.489 e. The monoisotopic (exact) mass is 257 g/mol. The molecule has 2 nitrogen and oxygen atoms in total. The van der Waals surface area contributed by atoms with Crippen LogP contribution in [0.2, 0.25) is 5.02 Å². The van der Waals surface area contributed by atoms with E-state index >= 15 is 0 Å². The van der Waals surface area contributed by atoms with Crippen LogP contribution in [0.5, 0.6) is 5.75 Å². The van der Waals surface area contributed by atoms with Gasteiger partial charge < -0.3 is 4.74 Å². The molecule has 0 heterocycles. The van der Waals surface area contributed by atoms with Gasteiger partial charge in [0.1, 0.15) is 12.4 Å². The Labute approximate surface area is 111 Å². The molecule has 18 heavy (non-hydrogen) atoms. The van der Waals surface area contributed by atoms with Crippen LogP contribution in [0.4, 0.5) is 0 Å². The van der Waals surface area contributed by atoms with Gasteiger partial charge in [0.2, 0.25) is 0 Å². The van der Waals surface area contributed by atoms with Gasteiger partial charge in [-0.3, -0.25) is 0 Å². The number of hydrogen-bond acceptors (Lipinski definition) is 2. The van der Waals surface area contributed by atoms with E-state index < -0.39 is 0 Å². The summed E-state index contributed by atoms with van der Waals surface area (Å²) >= 11 is 5.95. The number of rotatable bonds is 3. The molecule has 0 amide bonds. The van der Waals surface area contributed by atoms with Crippen molar-refractivity contribution in [3.05, 3.63) is 64.2 Å². The lowest BCUT2D eigenvalue weighted by molar-refractivity contribution is 0.306. The maximum absolute atomic E-state index is 8.70. The van der Waals surface area contributed by atoms with Gasteiger partial charge in [0.25, 0.3) is 0 Å². The van der Waals surface area contributed by atoms with Gasteiger partial charge >= 0.3 is 0 Å². The fraction of sp³-hybridized carbons (Fsp3) is 0.133. The third-order valence-electron chi connectivity index (χ3n) is 2.62. The van der Waals surface area contributed by atoms with Crippen LogP contribution in [0.25, 0.3) is 0 Å². The highest BCUT2D eigenvalue weighted by Gasteiger charge is 2.00. The van der Waals surface area contributed by atoms with Crippen LogP contribution in [0.1, 0.15) is 16.7 Å². The Morgan fingerprint density at radius 1 is 1.17 bits per heavy atom. The third-order valence-corrected chi connectivity index (χ3v) is 3.04. The fourth-order valence-corrected chi connectivity index (χ4v) is 1.67. The molecule has 0 spiro atoms. The number of nitriles is 1. The number of aryl methyl sites for hydroxylation is 1. The van der Waals surface area contributed by atoms with Crippen molar-refractivity contribution < 1.29 is 4.74 Å². The second kappa shape index (κ2) is 5.57. The van der Waals surface area contributed by atoms with Crippen LogP contribution >= 0.6 is 11.6 Å². The van der Waals surface area contributed by atoms with Gasteiger partial charge in [0.15, 0.2) is 0 Å². The van der Waals surface area contributed by atoms with Crippen LogP contribution in [0, 0.1) is 18.3 Å². The Balaban J connectivity index is 2.02. The summed E-state index contributed by atoms with van der Waals surface area (Å²) in [6.07, 6.45) is 0. The summed E-state index contributed by atoms with van der Waals surface area (Å²) < 4.78 is 5.66. The van der Waals surface area contributed by atoms with E-state index in [1.807, 2.05) is 37.3 Å². The predicted molar refractivity (Wildman–Crippen MR) is 71.7 cm³/mol. The summed E-state index contributed by atoms with van der Waals surface area (Å²) in [6.45, 7) is 2.42. The van der Waals surface area contributed by atoms with Crippen molar-refractivity contribution in [2.45, 2.75) is 13.5 Å². The molecule has 2 aromatic rings. The Bertz CT molecular complexity index is 584. The Kier molecular flexibility index (Phi) is 3.86. The average Bonchev–Trinajstić information content (AvgIpc) is 2.41. The van der Waals surface area contributed by atoms with Gasteiger partial charge in [-0.05, 0) is 48.4 Å². The number of ether oxygens (including phenoxy) is 1. The SMILES string of the molecule is Cc1cc(OCc2ccc(C#N)cc2)ccc1Cl. The molecule has 0 saturated heterocycles. The van der Waals surface area contributed by atoms with Crippen molar-refractivity contribution >= 4 is 11.6 Å². The molecule has 0 aliphatic carbocycles. The molecule has 0 aliphatic heterocycles. The Hall–Kier alpha value is -1.98. The average molecular weight is 258 g/mol. The first-order valence-electron chi connectivity index (χ1n) is 5.57. The Morgan fingerprint density at radius 3 is 2.50 bits per heavy atom. The van der Waals surface area contributed by atoms with E-state index in [2.05, 4.69) is 6.07 Å². The normalized spacial score (nSPS) is 9.83. The maximum Gasteiger partial charge on any atom is 0.120 e. The molecule has 0 radical (unpaired) electrons. The van der Waals surface area contributed by atoms with Crippen molar-refractivity contribution in [1.82, 2.24) is 0 Å². The third kappa shape index (κ3) is 3.03. The van der Waals surface area contributed by atoms with Crippen LogP contribution in [0.15, 0.2) is 42.5 Å². The molecule has 0 N–H and O–H groups in total. The molecule has 2 aromatic carbocycles. The highest BCUT2D eigenvalue weighted by Crippen LogP contribution is 2.21. The molecule has 0 aromatic heterocycles. The summed E-state index contributed by atoms with van der Waals surface area (Å²) in [7, 11) is 0. The quantitative estimate of drug-likeness (QED) is 0.829. The molecular weight excluding hydrogens is 246 g/mol. The van der Waals surface area contributed by atoms with Gasteiger partial charge in [-0.2, -0.15) is 5.26 Å². The van der Waals surface area contributed by atoms with Gasteiger partial charge in [-0.1, -0.05) is 23.7 Å². The molecular formula is C15H12ClNO. The lowest BCUT2D eigenvalue weighted by atomic mass is 10.1. The second-order valence-electron chi connectivity index (χ2n) is 4.01. The van der Waals surface area contributed by atoms with Crippen LogP contribution < -0.4 is 4.74 Å². The van der Waals surface area contributed by atoms with Gasteiger partial charge in [0, 0.05) is 5.02 Å². The first-order chi connectivity index (χ1) is 8.69. The van der Waals surface area contributed by atoms with E-state index in [1.165, 1.54) is 0 Å². The summed E-state index contributed by atoms with van der Waals surface area (Å²) in [5.41, 5.74) is 2.68.